The Kier molecular flexibility index (Phi) is 4.31. The van der Waals surface area contributed by atoms with Gasteiger partial charge < -0.3 is 4.74 Å². The summed E-state index contributed by atoms with van der Waals surface area (Å²) in [7, 11) is 0. The maximum atomic E-state index is 5.55. The van der Waals surface area contributed by atoms with Crippen molar-refractivity contribution in [3.63, 3.8) is 0 Å². The van der Waals surface area contributed by atoms with E-state index in [0.717, 1.165) is 24.4 Å². The Labute approximate surface area is 73.9 Å². The van der Waals surface area contributed by atoms with Crippen LogP contribution in [0.2, 0.25) is 0 Å². The molecule has 0 aliphatic carbocycles. The highest BCUT2D eigenvalue weighted by Gasteiger charge is 2.22. The molecule has 0 bridgehead atoms. The first kappa shape index (κ1) is 9.40. The molecule has 66 valence electrons. The molecule has 1 fully saturated rings. The lowest BCUT2D eigenvalue weighted by Gasteiger charge is -2.09. The van der Waals surface area contributed by atoms with E-state index in [9.17, 15) is 0 Å². The van der Waals surface area contributed by atoms with Crippen LogP contribution in [0.4, 0.5) is 0 Å². The normalized spacial score (nSPS) is 25.1. The van der Waals surface area contributed by atoms with E-state index in [-0.39, 0.29) is 0 Å². The zero-order valence-corrected chi connectivity index (χ0v) is 8.32. The standard InChI is InChI=1S/C9H18OS/c1-3-4-8(2)5-10-6-9-7-11-9/h8-9H,3-7H2,1-2H3. The van der Waals surface area contributed by atoms with Gasteiger partial charge in [0, 0.05) is 17.6 Å². The van der Waals surface area contributed by atoms with Gasteiger partial charge in [0.2, 0.25) is 0 Å². The molecule has 0 aromatic heterocycles. The predicted molar refractivity (Wildman–Crippen MR) is 51.1 cm³/mol. The Morgan fingerprint density at radius 1 is 1.64 bits per heavy atom. The Hall–Kier alpha value is 0.310. The van der Waals surface area contributed by atoms with E-state index < -0.39 is 0 Å². The van der Waals surface area contributed by atoms with Gasteiger partial charge in [-0.25, -0.2) is 0 Å². The molecule has 1 nitrogen and oxygen atoms in total. The van der Waals surface area contributed by atoms with Crippen molar-refractivity contribution in [2.24, 2.45) is 5.92 Å². The summed E-state index contributed by atoms with van der Waals surface area (Å²) in [5.41, 5.74) is 0. The molecule has 2 atom stereocenters. The van der Waals surface area contributed by atoms with Crippen molar-refractivity contribution in [3.8, 4) is 0 Å². The minimum absolute atomic E-state index is 0.753. The van der Waals surface area contributed by atoms with Crippen molar-refractivity contribution in [2.75, 3.05) is 19.0 Å². The number of hydrogen-bond donors (Lipinski definition) is 0. The van der Waals surface area contributed by atoms with E-state index in [1.165, 1.54) is 18.6 Å². The zero-order chi connectivity index (χ0) is 8.10. The average molecular weight is 174 g/mol. The van der Waals surface area contributed by atoms with E-state index in [2.05, 4.69) is 13.8 Å². The molecule has 0 radical (unpaired) electrons. The van der Waals surface area contributed by atoms with Crippen LogP contribution in [-0.4, -0.2) is 24.2 Å². The SMILES string of the molecule is CCCC(C)COCC1CS1. The van der Waals surface area contributed by atoms with Gasteiger partial charge in [-0.2, -0.15) is 11.8 Å². The van der Waals surface area contributed by atoms with Gasteiger partial charge in [0.05, 0.1) is 6.61 Å². The molecule has 1 aliphatic rings. The van der Waals surface area contributed by atoms with Gasteiger partial charge >= 0.3 is 0 Å². The third-order valence-electron chi connectivity index (χ3n) is 1.89. The summed E-state index contributed by atoms with van der Waals surface area (Å²) < 4.78 is 5.55. The molecule has 1 heterocycles. The van der Waals surface area contributed by atoms with E-state index in [1.54, 1.807) is 0 Å². The summed E-state index contributed by atoms with van der Waals surface area (Å²) in [6.45, 7) is 6.44. The molecule has 1 aliphatic heterocycles. The van der Waals surface area contributed by atoms with Crippen LogP contribution in [0.25, 0.3) is 0 Å². The van der Waals surface area contributed by atoms with Crippen LogP contribution < -0.4 is 0 Å². The summed E-state index contributed by atoms with van der Waals surface area (Å²) in [4.78, 5) is 0. The third kappa shape index (κ3) is 4.70. The van der Waals surface area contributed by atoms with Crippen LogP contribution in [-0.2, 0) is 4.74 Å². The fraction of sp³-hybridized carbons (Fsp3) is 1.00. The summed E-state index contributed by atoms with van der Waals surface area (Å²) in [5, 5.41) is 0.837. The van der Waals surface area contributed by atoms with E-state index >= 15 is 0 Å². The second-order valence-corrected chi connectivity index (χ2v) is 4.72. The number of rotatable bonds is 6. The van der Waals surface area contributed by atoms with Gasteiger partial charge in [-0.05, 0) is 12.3 Å². The lowest BCUT2D eigenvalue weighted by atomic mass is 10.1. The van der Waals surface area contributed by atoms with Crippen molar-refractivity contribution < 1.29 is 4.74 Å². The molecule has 2 unspecified atom stereocenters. The van der Waals surface area contributed by atoms with Gasteiger partial charge in [0.15, 0.2) is 0 Å². The van der Waals surface area contributed by atoms with E-state index in [1.807, 2.05) is 11.8 Å². The fourth-order valence-electron chi connectivity index (χ4n) is 1.14. The number of hydrogen-bond acceptors (Lipinski definition) is 2. The summed E-state index contributed by atoms with van der Waals surface area (Å²) in [5.74, 6) is 2.08. The molecule has 11 heavy (non-hydrogen) atoms. The Bertz CT molecular complexity index is 102. The predicted octanol–water partition coefficient (Wildman–Crippen LogP) is 2.55. The molecule has 0 aromatic carbocycles. The largest absolute Gasteiger partial charge is 0.380 e. The van der Waals surface area contributed by atoms with E-state index in [4.69, 9.17) is 4.74 Å². The zero-order valence-electron chi connectivity index (χ0n) is 7.51. The highest BCUT2D eigenvalue weighted by Crippen LogP contribution is 2.29. The van der Waals surface area contributed by atoms with Gasteiger partial charge in [0.1, 0.15) is 0 Å². The molecule has 1 saturated heterocycles. The maximum absolute atomic E-state index is 5.55. The van der Waals surface area contributed by atoms with Crippen LogP contribution in [0, 0.1) is 5.92 Å². The monoisotopic (exact) mass is 174 g/mol. The average Bonchev–Trinajstić information content (AvgIpc) is 2.72. The van der Waals surface area contributed by atoms with Gasteiger partial charge in [-0.15, -0.1) is 0 Å². The Balaban J connectivity index is 1.84. The highest BCUT2D eigenvalue weighted by atomic mass is 32.2. The van der Waals surface area contributed by atoms with Crippen molar-refractivity contribution in [1.29, 1.82) is 0 Å². The van der Waals surface area contributed by atoms with Gasteiger partial charge in [-0.1, -0.05) is 20.3 Å². The number of ether oxygens (including phenoxy) is 1. The lowest BCUT2D eigenvalue weighted by Crippen LogP contribution is -2.08. The topological polar surface area (TPSA) is 9.23 Å². The molecule has 1 rings (SSSR count). The van der Waals surface area contributed by atoms with Crippen LogP contribution in [0.5, 0.6) is 0 Å². The first-order chi connectivity index (χ1) is 5.33. The first-order valence-electron chi connectivity index (χ1n) is 4.52. The quantitative estimate of drug-likeness (QED) is 0.572. The lowest BCUT2D eigenvalue weighted by molar-refractivity contribution is 0.108. The molecular formula is C9H18OS. The molecular weight excluding hydrogens is 156 g/mol. The van der Waals surface area contributed by atoms with Crippen LogP contribution in [0.3, 0.4) is 0 Å². The van der Waals surface area contributed by atoms with E-state index in [0.29, 0.717) is 0 Å². The second kappa shape index (κ2) is 5.04. The molecule has 0 saturated carbocycles. The summed E-state index contributed by atoms with van der Waals surface area (Å²) in [6.07, 6.45) is 2.58. The van der Waals surface area contributed by atoms with Crippen molar-refractivity contribution >= 4 is 11.8 Å². The minimum atomic E-state index is 0.753. The number of thioether (sulfide) groups is 1. The summed E-state index contributed by atoms with van der Waals surface area (Å²) >= 11 is 2.01. The fourth-order valence-corrected chi connectivity index (χ4v) is 1.57. The first-order valence-corrected chi connectivity index (χ1v) is 5.57. The smallest absolute Gasteiger partial charge is 0.0593 e. The second-order valence-electron chi connectivity index (χ2n) is 3.39. The molecule has 2 heteroatoms. The van der Waals surface area contributed by atoms with Crippen LogP contribution in [0.15, 0.2) is 0 Å². The van der Waals surface area contributed by atoms with Crippen molar-refractivity contribution in [1.82, 2.24) is 0 Å². The summed E-state index contributed by atoms with van der Waals surface area (Å²) in [6, 6.07) is 0. The van der Waals surface area contributed by atoms with Gasteiger partial charge in [0.25, 0.3) is 0 Å². The maximum Gasteiger partial charge on any atom is 0.0593 e. The van der Waals surface area contributed by atoms with Crippen LogP contribution >= 0.6 is 11.8 Å². The highest BCUT2D eigenvalue weighted by molar-refractivity contribution is 8.06. The van der Waals surface area contributed by atoms with Crippen LogP contribution in [0.1, 0.15) is 26.7 Å². The minimum Gasteiger partial charge on any atom is -0.380 e. The van der Waals surface area contributed by atoms with Crippen molar-refractivity contribution in [2.45, 2.75) is 31.9 Å². The third-order valence-corrected chi connectivity index (χ3v) is 2.83. The van der Waals surface area contributed by atoms with Crippen molar-refractivity contribution in [3.05, 3.63) is 0 Å². The Morgan fingerprint density at radius 2 is 2.36 bits per heavy atom. The molecule has 0 N–H and O–H groups in total. The van der Waals surface area contributed by atoms with Gasteiger partial charge in [-0.3, -0.25) is 0 Å². The molecule has 0 aromatic rings. The Morgan fingerprint density at radius 3 is 2.91 bits per heavy atom. The molecule has 0 amide bonds. The molecule has 0 spiro atoms.